The van der Waals surface area contributed by atoms with Crippen molar-refractivity contribution in [3.8, 4) is 0 Å². The second kappa shape index (κ2) is 4.86. The van der Waals surface area contributed by atoms with Gasteiger partial charge >= 0.3 is 0 Å². The Labute approximate surface area is 76.2 Å². The van der Waals surface area contributed by atoms with Crippen LogP contribution in [0.25, 0.3) is 0 Å². The molecule has 2 atom stereocenters. The summed E-state index contributed by atoms with van der Waals surface area (Å²) in [5.41, 5.74) is 0. The summed E-state index contributed by atoms with van der Waals surface area (Å²) in [6, 6.07) is 0. The summed E-state index contributed by atoms with van der Waals surface area (Å²) < 4.78 is 0. The van der Waals surface area contributed by atoms with Crippen LogP contribution in [0.2, 0.25) is 0 Å². The van der Waals surface area contributed by atoms with E-state index >= 15 is 0 Å². The molecule has 1 rings (SSSR count). The van der Waals surface area contributed by atoms with Crippen LogP contribution in [0.1, 0.15) is 52.4 Å². The molecule has 0 aliphatic heterocycles. The molecule has 72 valence electrons. The highest BCUT2D eigenvalue weighted by Crippen LogP contribution is 2.28. The first-order chi connectivity index (χ1) is 5.70. The number of hydrogen-bond acceptors (Lipinski definition) is 1. The lowest BCUT2D eigenvalue weighted by Crippen LogP contribution is -2.24. The Bertz CT molecular complexity index is 120. The Morgan fingerprint density at radius 3 is 2.50 bits per heavy atom. The van der Waals surface area contributed by atoms with Gasteiger partial charge in [-0.05, 0) is 31.1 Å². The van der Waals surface area contributed by atoms with Gasteiger partial charge in [0.15, 0.2) is 0 Å². The molecule has 1 nitrogen and oxygen atoms in total. The summed E-state index contributed by atoms with van der Waals surface area (Å²) in [7, 11) is 0. The summed E-state index contributed by atoms with van der Waals surface area (Å²) in [5.74, 6) is 1.40. The van der Waals surface area contributed by atoms with Crippen molar-refractivity contribution in [3.63, 3.8) is 0 Å². The van der Waals surface area contributed by atoms with Gasteiger partial charge in [-0.2, -0.15) is 0 Å². The van der Waals surface area contributed by atoms with E-state index in [2.05, 4.69) is 13.8 Å². The summed E-state index contributed by atoms with van der Waals surface area (Å²) in [6.45, 7) is 4.52. The van der Waals surface area contributed by atoms with E-state index < -0.39 is 0 Å². The fourth-order valence-corrected chi connectivity index (χ4v) is 2.07. The number of hydrogen-bond donors (Lipinski definition) is 1. The zero-order chi connectivity index (χ0) is 8.97. The van der Waals surface area contributed by atoms with E-state index in [9.17, 15) is 5.11 Å². The third-order valence-electron chi connectivity index (χ3n) is 2.98. The van der Waals surface area contributed by atoms with Gasteiger partial charge in [0.1, 0.15) is 0 Å². The van der Waals surface area contributed by atoms with Gasteiger partial charge in [0, 0.05) is 0 Å². The van der Waals surface area contributed by atoms with Crippen molar-refractivity contribution >= 4 is 0 Å². The monoisotopic (exact) mass is 170 g/mol. The summed E-state index contributed by atoms with van der Waals surface area (Å²) >= 11 is 0. The Morgan fingerprint density at radius 2 is 1.92 bits per heavy atom. The standard InChI is InChI=1S/C11H22O/c1-9(2)7-8-10-5-3-4-6-11(10)12/h9-12H,3-8H2,1-2H3/t10-,11+/m0/s1. The molecule has 12 heavy (non-hydrogen) atoms. The van der Waals surface area contributed by atoms with Crippen molar-refractivity contribution in [2.24, 2.45) is 11.8 Å². The maximum atomic E-state index is 9.68. The van der Waals surface area contributed by atoms with E-state index in [4.69, 9.17) is 0 Å². The molecule has 1 aliphatic carbocycles. The lowest BCUT2D eigenvalue weighted by atomic mass is 9.82. The van der Waals surface area contributed by atoms with Gasteiger partial charge in [-0.3, -0.25) is 0 Å². The first kappa shape index (κ1) is 10.0. The van der Waals surface area contributed by atoms with E-state index in [0.29, 0.717) is 5.92 Å². The molecule has 0 aromatic rings. The van der Waals surface area contributed by atoms with Crippen molar-refractivity contribution in [2.45, 2.75) is 58.5 Å². The van der Waals surface area contributed by atoms with Crippen LogP contribution >= 0.6 is 0 Å². The van der Waals surface area contributed by atoms with Crippen LogP contribution in [0, 0.1) is 11.8 Å². The normalized spacial score (nSPS) is 31.0. The molecular weight excluding hydrogens is 148 g/mol. The third kappa shape index (κ3) is 3.14. The molecule has 1 aliphatic rings. The SMILES string of the molecule is CC(C)CC[C@@H]1CCCC[C@H]1O. The molecule has 1 heteroatoms. The lowest BCUT2D eigenvalue weighted by molar-refractivity contribution is 0.0625. The molecule has 0 saturated heterocycles. The molecule has 0 aromatic carbocycles. The maximum absolute atomic E-state index is 9.68. The second-order valence-electron chi connectivity index (χ2n) is 4.58. The van der Waals surface area contributed by atoms with Crippen LogP contribution in [0.15, 0.2) is 0 Å². The number of aliphatic hydroxyl groups excluding tert-OH is 1. The molecule has 0 heterocycles. The first-order valence-electron chi connectivity index (χ1n) is 5.38. The van der Waals surface area contributed by atoms with Crippen LogP contribution in [-0.2, 0) is 0 Å². The Kier molecular flexibility index (Phi) is 4.07. The van der Waals surface area contributed by atoms with E-state index in [1.807, 2.05) is 0 Å². The molecule has 0 spiro atoms. The van der Waals surface area contributed by atoms with Crippen LogP contribution in [-0.4, -0.2) is 11.2 Å². The van der Waals surface area contributed by atoms with Crippen molar-refractivity contribution < 1.29 is 5.11 Å². The lowest BCUT2D eigenvalue weighted by Gasteiger charge is -2.27. The van der Waals surface area contributed by atoms with Crippen LogP contribution in [0.5, 0.6) is 0 Å². The zero-order valence-corrected chi connectivity index (χ0v) is 8.42. The quantitative estimate of drug-likeness (QED) is 0.690. The van der Waals surface area contributed by atoms with Crippen molar-refractivity contribution in [1.82, 2.24) is 0 Å². The molecule has 1 fully saturated rings. The summed E-state index contributed by atoms with van der Waals surface area (Å²) in [6.07, 6.45) is 7.40. The molecule has 1 N–H and O–H groups in total. The summed E-state index contributed by atoms with van der Waals surface area (Å²) in [4.78, 5) is 0. The number of aliphatic hydroxyl groups is 1. The first-order valence-corrected chi connectivity index (χ1v) is 5.38. The second-order valence-corrected chi connectivity index (χ2v) is 4.58. The third-order valence-corrected chi connectivity index (χ3v) is 2.98. The van der Waals surface area contributed by atoms with Crippen molar-refractivity contribution in [3.05, 3.63) is 0 Å². The molecule has 0 radical (unpaired) electrons. The predicted molar refractivity (Wildman–Crippen MR) is 52.0 cm³/mol. The molecule has 0 aromatic heterocycles. The Morgan fingerprint density at radius 1 is 1.25 bits per heavy atom. The van der Waals surface area contributed by atoms with E-state index in [-0.39, 0.29) is 6.10 Å². The fourth-order valence-electron chi connectivity index (χ4n) is 2.07. The molecule has 0 bridgehead atoms. The van der Waals surface area contributed by atoms with Crippen molar-refractivity contribution in [2.75, 3.05) is 0 Å². The van der Waals surface area contributed by atoms with E-state index in [1.165, 1.54) is 32.1 Å². The maximum Gasteiger partial charge on any atom is 0.0568 e. The van der Waals surface area contributed by atoms with Gasteiger partial charge in [0.25, 0.3) is 0 Å². The summed E-state index contributed by atoms with van der Waals surface area (Å²) in [5, 5.41) is 9.68. The smallest absolute Gasteiger partial charge is 0.0568 e. The van der Waals surface area contributed by atoms with E-state index in [1.54, 1.807) is 0 Å². The van der Waals surface area contributed by atoms with Gasteiger partial charge in [-0.1, -0.05) is 33.1 Å². The largest absolute Gasteiger partial charge is 0.393 e. The van der Waals surface area contributed by atoms with Gasteiger partial charge < -0.3 is 5.11 Å². The van der Waals surface area contributed by atoms with Gasteiger partial charge in [-0.15, -0.1) is 0 Å². The van der Waals surface area contributed by atoms with Gasteiger partial charge in [-0.25, -0.2) is 0 Å². The number of rotatable bonds is 3. The highest BCUT2D eigenvalue weighted by Gasteiger charge is 2.22. The van der Waals surface area contributed by atoms with E-state index in [0.717, 1.165) is 12.3 Å². The molecular formula is C11H22O. The average Bonchev–Trinajstić information content (AvgIpc) is 2.03. The van der Waals surface area contributed by atoms with Crippen LogP contribution < -0.4 is 0 Å². The molecule has 0 unspecified atom stereocenters. The highest BCUT2D eigenvalue weighted by molar-refractivity contribution is 4.74. The minimum absolute atomic E-state index is 0.0116. The molecule has 0 amide bonds. The van der Waals surface area contributed by atoms with Gasteiger partial charge in [0.05, 0.1) is 6.10 Å². The Hall–Kier alpha value is -0.0400. The topological polar surface area (TPSA) is 20.2 Å². The minimum atomic E-state index is 0.0116. The van der Waals surface area contributed by atoms with Gasteiger partial charge in [0.2, 0.25) is 0 Å². The Balaban J connectivity index is 2.20. The molecule has 1 saturated carbocycles. The van der Waals surface area contributed by atoms with Crippen molar-refractivity contribution in [1.29, 1.82) is 0 Å². The van der Waals surface area contributed by atoms with Crippen LogP contribution in [0.4, 0.5) is 0 Å². The average molecular weight is 170 g/mol. The minimum Gasteiger partial charge on any atom is -0.393 e. The predicted octanol–water partition coefficient (Wildman–Crippen LogP) is 2.97. The highest BCUT2D eigenvalue weighted by atomic mass is 16.3. The fraction of sp³-hybridized carbons (Fsp3) is 1.00. The zero-order valence-electron chi connectivity index (χ0n) is 8.42. The van der Waals surface area contributed by atoms with Crippen LogP contribution in [0.3, 0.4) is 0 Å².